The number of halogens is 1. The summed E-state index contributed by atoms with van der Waals surface area (Å²) in [7, 11) is -3.44. The van der Waals surface area contributed by atoms with Crippen LogP contribution in [0.25, 0.3) is 6.08 Å². The third-order valence-electron chi connectivity index (χ3n) is 3.11. The minimum absolute atomic E-state index is 0.293. The molecule has 0 aliphatic carbocycles. The highest BCUT2D eigenvalue weighted by atomic mass is 79.9. The van der Waals surface area contributed by atoms with E-state index in [0.29, 0.717) is 17.9 Å². The molecule has 0 saturated heterocycles. The van der Waals surface area contributed by atoms with Gasteiger partial charge < -0.3 is 0 Å². The Labute approximate surface area is 140 Å². The number of nitrogens with one attached hydrogen (secondary N) is 1. The second kappa shape index (κ2) is 7.72. The van der Waals surface area contributed by atoms with Gasteiger partial charge in [-0.1, -0.05) is 64.0 Å². The van der Waals surface area contributed by atoms with Gasteiger partial charge in [-0.2, -0.15) is 0 Å². The number of rotatable bonds is 6. The van der Waals surface area contributed by atoms with Crippen LogP contribution in [0.3, 0.4) is 0 Å². The molecule has 2 rings (SSSR count). The summed E-state index contributed by atoms with van der Waals surface area (Å²) in [4.78, 5) is 0.293. The van der Waals surface area contributed by atoms with Gasteiger partial charge in [-0.05, 0) is 41.6 Å². The summed E-state index contributed by atoms with van der Waals surface area (Å²) in [6.45, 7) is 2.27. The molecule has 0 bridgehead atoms. The zero-order valence-electron chi connectivity index (χ0n) is 12.3. The number of hydrogen-bond donors (Lipinski definition) is 1. The maximum absolute atomic E-state index is 12.1. The Balaban J connectivity index is 1.93. The van der Waals surface area contributed by atoms with Gasteiger partial charge in [0.25, 0.3) is 0 Å². The quantitative estimate of drug-likeness (QED) is 0.820. The van der Waals surface area contributed by atoms with Gasteiger partial charge in [-0.25, -0.2) is 13.1 Å². The Morgan fingerprint density at radius 1 is 1.09 bits per heavy atom. The Morgan fingerprint density at radius 2 is 1.73 bits per heavy atom. The van der Waals surface area contributed by atoms with Crippen LogP contribution in [0, 0.1) is 6.92 Å². The van der Waals surface area contributed by atoms with Gasteiger partial charge in [0.05, 0.1) is 4.90 Å². The van der Waals surface area contributed by atoms with E-state index >= 15 is 0 Å². The monoisotopic (exact) mass is 379 g/mol. The van der Waals surface area contributed by atoms with Gasteiger partial charge in [0.2, 0.25) is 10.0 Å². The van der Waals surface area contributed by atoms with Crippen molar-refractivity contribution in [2.24, 2.45) is 0 Å². The third kappa shape index (κ3) is 5.09. The summed E-state index contributed by atoms with van der Waals surface area (Å²) in [5, 5.41) is 0. The largest absolute Gasteiger partial charge is 0.240 e. The summed E-state index contributed by atoms with van der Waals surface area (Å²) in [6.07, 6.45) is 2.58. The highest BCUT2D eigenvalue weighted by Crippen LogP contribution is 2.16. The summed E-state index contributed by atoms with van der Waals surface area (Å²) < 4.78 is 27.8. The van der Waals surface area contributed by atoms with E-state index in [9.17, 15) is 8.42 Å². The molecule has 0 fully saturated rings. The van der Waals surface area contributed by atoms with Crippen LogP contribution in [0.15, 0.2) is 64.0 Å². The first-order valence-electron chi connectivity index (χ1n) is 6.95. The maximum Gasteiger partial charge on any atom is 0.240 e. The first kappa shape index (κ1) is 16.9. The molecule has 0 spiro atoms. The number of benzene rings is 2. The zero-order valence-corrected chi connectivity index (χ0v) is 14.7. The lowest BCUT2D eigenvalue weighted by Crippen LogP contribution is -2.24. The number of sulfonamides is 1. The van der Waals surface area contributed by atoms with Gasteiger partial charge in [0.15, 0.2) is 0 Å². The maximum atomic E-state index is 12.1. The molecule has 22 heavy (non-hydrogen) atoms. The van der Waals surface area contributed by atoms with Crippen LogP contribution in [-0.2, 0) is 10.0 Å². The van der Waals surface area contributed by atoms with Crippen LogP contribution in [-0.4, -0.2) is 15.0 Å². The molecule has 0 aliphatic heterocycles. The van der Waals surface area contributed by atoms with Crippen molar-refractivity contribution in [2.75, 3.05) is 6.54 Å². The van der Waals surface area contributed by atoms with E-state index in [-0.39, 0.29) is 0 Å². The van der Waals surface area contributed by atoms with Gasteiger partial charge in [-0.3, -0.25) is 0 Å². The van der Waals surface area contributed by atoms with Crippen molar-refractivity contribution < 1.29 is 8.42 Å². The van der Waals surface area contributed by atoms with Crippen LogP contribution >= 0.6 is 15.9 Å². The fraction of sp³-hybridized carbons (Fsp3) is 0.176. The highest BCUT2D eigenvalue weighted by Gasteiger charge is 2.12. The molecule has 0 aliphatic rings. The molecule has 0 unspecified atom stereocenters. The van der Waals surface area contributed by atoms with Crippen molar-refractivity contribution in [1.82, 2.24) is 4.72 Å². The average Bonchev–Trinajstić information content (AvgIpc) is 2.48. The van der Waals surface area contributed by atoms with Crippen LogP contribution in [0.2, 0.25) is 0 Å². The Kier molecular flexibility index (Phi) is 5.94. The van der Waals surface area contributed by atoms with Crippen LogP contribution in [0.4, 0.5) is 0 Å². The van der Waals surface area contributed by atoms with Gasteiger partial charge >= 0.3 is 0 Å². The van der Waals surface area contributed by atoms with Crippen LogP contribution in [0.1, 0.15) is 17.5 Å². The minimum Gasteiger partial charge on any atom is -0.211 e. The molecule has 0 aromatic heterocycles. The van der Waals surface area contributed by atoms with E-state index < -0.39 is 10.0 Å². The Hall–Kier alpha value is -1.43. The van der Waals surface area contributed by atoms with E-state index in [1.165, 1.54) is 0 Å². The average molecular weight is 380 g/mol. The molecule has 0 atom stereocenters. The fourth-order valence-electron chi connectivity index (χ4n) is 1.91. The molecule has 0 saturated carbocycles. The molecule has 5 heteroatoms. The SMILES string of the molecule is Cc1ccc(S(=O)(=O)NCC/C(Br)=C/c2ccccc2)cc1. The van der Waals surface area contributed by atoms with Crippen molar-refractivity contribution >= 4 is 32.0 Å². The second-order valence-electron chi connectivity index (χ2n) is 4.96. The summed E-state index contributed by atoms with van der Waals surface area (Å²) in [6, 6.07) is 16.7. The lowest BCUT2D eigenvalue weighted by molar-refractivity contribution is 0.582. The van der Waals surface area contributed by atoms with Crippen molar-refractivity contribution in [3.8, 4) is 0 Å². The number of aryl methyl sites for hydroxylation is 1. The van der Waals surface area contributed by atoms with E-state index in [1.54, 1.807) is 24.3 Å². The van der Waals surface area contributed by atoms with Crippen LogP contribution in [0.5, 0.6) is 0 Å². The number of hydrogen-bond acceptors (Lipinski definition) is 2. The summed E-state index contributed by atoms with van der Waals surface area (Å²) >= 11 is 3.47. The lowest BCUT2D eigenvalue weighted by Gasteiger charge is -2.07. The fourth-order valence-corrected chi connectivity index (χ4v) is 3.40. The molecule has 0 amide bonds. The van der Waals surface area contributed by atoms with E-state index in [2.05, 4.69) is 20.7 Å². The second-order valence-corrected chi connectivity index (χ2v) is 7.75. The van der Waals surface area contributed by atoms with E-state index in [0.717, 1.165) is 15.6 Å². The summed E-state index contributed by atoms with van der Waals surface area (Å²) in [5.41, 5.74) is 2.11. The third-order valence-corrected chi connectivity index (χ3v) is 5.21. The minimum atomic E-state index is -3.44. The van der Waals surface area contributed by atoms with Crippen molar-refractivity contribution in [3.05, 3.63) is 70.2 Å². The van der Waals surface area contributed by atoms with Crippen molar-refractivity contribution in [1.29, 1.82) is 0 Å². The molecular weight excluding hydrogens is 362 g/mol. The van der Waals surface area contributed by atoms with Gasteiger partial charge in [0.1, 0.15) is 0 Å². The van der Waals surface area contributed by atoms with Gasteiger partial charge in [-0.15, -0.1) is 0 Å². The predicted molar refractivity (Wildman–Crippen MR) is 94.3 cm³/mol. The summed E-state index contributed by atoms with van der Waals surface area (Å²) in [5.74, 6) is 0. The van der Waals surface area contributed by atoms with Gasteiger partial charge in [0, 0.05) is 6.54 Å². The smallest absolute Gasteiger partial charge is 0.211 e. The molecule has 3 nitrogen and oxygen atoms in total. The Bertz CT molecular complexity index is 738. The predicted octanol–water partition coefficient (Wildman–Crippen LogP) is 4.10. The van der Waals surface area contributed by atoms with Crippen molar-refractivity contribution in [2.45, 2.75) is 18.2 Å². The van der Waals surface area contributed by atoms with Crippen molar-refractivity contribution in [3.63, 3.8) is 0 Å². The molecule has 0 radical (unpaired) electrons. The molecule has 1 N–H and O–H groups in total. The first-order chi connectivity index (χ1) is 10.5. The topological polar surface area (TPSA) is 46.2 Å². The Morgan fingerprint density at radius 3 is 2.36 bits per heavy atom. The molecule has 2 aromatic carbocycles. The normalized spacial score (nSPS) is 12.4. The zero-order chi connectivity index (χ0) is 16.0. The standard InChI is InChI=1S/C17H18BrNO2S/c1-14-7-9-17(10-8-14)22(20,21)19-12-11-16(18)13-15-5-3-2-4-6-15/h2-10,13,19H,11-12H2,1H3/b16-13-. The molecule has 2 aromatic rings. The molecule has 0 heterocycles. The lowest BCUT2D eigenvalue weighted by atomic mass is 10.2. The molecular formula is C17H18BrNO2S. The van der Waals surface area contributed by atoms with E-state index in [1.807, 2.05) is 43.3 Å². The highest BCUT2D eigenvalue weighted by molar-refractivity contribution is 9.11. The molecule has 116 valence electrons. The van der Waals surface area contributed by atoms with E-state index in [4.69, 9.17) is 0 Å². The first-order valence-corrected chi connectivity index (χ1v) is 9.22. The van der Waals surface area contributed by atoms with Crippen LogP contribution < -0.4 is 4.72 Å².